The molecule has 0 fully saturated rings. The normalized spacial score (nSPS) is 9.84. The highest BCUT2D eigenvalue weighted by Gasteiger charge is 2.04. The van der Waals surface area contributed by atoms with Crippen LogP contribution in [0.1, 0.15) is 37.7 Å². The molecule has 1 amide bonds. The molecule has 108 valence electrons. The number of carbonyl (C=O) groups excluding carboxylic acids is 1. The van der Waals surface area contributed by atoms with Crippen LogP contribution in [0.2, 0.25) is 0 Å². The highest BCUT2D eigenvalue weighted by atomic mass is 127. The van der Waals surface area contributed by atoms with Gasteiger partial charge in [0.2, 0.25) is 5.91 Å². The molecule has 0 heterocycles. The van der Waals surface area contributed by atoms with Crippen molar-refractivity contribution in [2.24, 2.45) is 5.73 Å². The van der Waals surface area contributed by atoms with Gasteiger partial charge < -0.3 is 11.1 Å². The molecule has 0 aliphatic heterocycles. The third-order valence-electron chi connectivity index (χ3n) is 2.82. The van der Waals surface area contributed by atoms with Gasteiger partial charge in [-0.05, 0) is 72.7 Å². The van der Waals surface area contributed by atoms with E-state index in [1.165, 1.54) is 3.57 Å². The molecule has 5 heteroatoms. The fourth-order valence-electron chi connectivity index (χ4n) is 1.76. The molecule has 0 aliphatic rings. The summed E-state index contributed by atoms with van der Waals surface area (Å²) in [5, 5.41) is 2.96. The zero-order valence-corrected chi connectivity index (χ0v) is 14.2. The second kappa shape index (κ2) is 10.5. The van der Waals surface area contributed by atoms with E-state index in [2.05, 4.69) is 34.0 Å². The Balaban J connectivity index is 0.00000324. The highest BCUT2D eigenvalue weighted by molar-refractivity contribution is 14.1. The molecule has 19 heavy (non-hydrogen) atoms. The van der Waals surface area contributed by atoms with Gasteiger partial charge in [0.05, 0.1) is 0 Å². The van der Waals surface area contributed by atoms with Crippen molar-refractivity contribution in [1.82, 2.24) is 0 Å². The fourth-order valence-corrected chi connectivity index (χ4v) is 2.41. The molecule has 0 bridgehead atoms. The van der Waals surface area contributed by atoms with Crippen molar-refractivity contribution in [1.29, 1.82) is 0 Å². The first-order valence-corrected chi connectivity index (χ1v) is 7.47. The first kappa shape index (κ1) is 18.7. The van der Waals surface area contributed by atoms with Gasteiger partial charge in [-0.3, -0.25) is 4.79 Å². The van der Waals surface area contributed by atoms with Crippen molar-refractivity contribution < 1.29 is 4.79 Å². The van der Waals surface area contributed by atoms with Gasteiger partial charge in [-0.2, -0.15) is 0 Å². The number of benzene rings is 1. The highest BCUT2D eigenvalue weighted by Crippen LogP contribution is 2.18. The number of amides is 1. The molecule has 0 unspecified atom stereocenters. The molecule has 0 atom stereocenters. The molecule has 3 N–H and O–H groups in total. The maximum atomic E-state index is 11.7. The molecular formula is C14H22ClIN2O. The first-order valence-electron chi connectivity index (χ1n) is 6.39. The Hall–Kier alpha value is -0.330. The number of aryl methyl sites for hydroxylation is 1. The van der Waals surface area contributed by atoms with Gasteiger partial charge in [-0.15, -0.1) is 12.4 Å². The summed E-state index contributed by atoms with van der Waals surface area (Å²) in [6.45, 7) is 2.76. The number of halogens is 2. The minimum Gasteiger partial charge on any atom is -0.330 e. The Morgan fingerprint density at radius 2 is 1.95 bits per heavy atom. The van der Waals surface area contributed by atoms with Crippen molar-refractivity contribution in [3.05, 3.63) is 27.3 Å². The van der Waals surface area contributed by atoms with Crippen molar-refractivity contribution in [3.63, 3.8) is 0 Å². The lowest BCUT2D eigenvalue weighted by molar-refractivity contribution is -0.116. The molecule has 1 rings (SSSR count). The van der Waals surface area contributed by atoms with Gasteiger partial charge >= 0.3 is 0 Å². The molecule has 0 aromatic heterocycles. The molecule has 1 aromatic rings. The number of nitrogens with one attached hydrogen (secondary N) is 1. The first-order chi connectivity index (χ1) is 8.63. The summed E-state index contributed by atoms with van der Waals surface area (Å²) in [7, 11) is 0. The van der Waals surface area contributed by atoms with Gasteiger partial charge in [0.15, 0.2) is 0 Å². The number of unbranched alkanes of at least 4 members (excludes halogenated alkanes) is 3. The fraction of sp³-hybridized carbons (Fsp3) is 0.500. The van der Waals surface area contributed by atoms with E-state index < -0.39 is 0 Å². The standard InChI is InChI=1S/C14H21IN2O.ClH/c1-11-10-12(15)7-8-13(11)17-14(18)6-4-2-3-5-9-16;/h7-8,10H,2-6,9,16H2,1H3,(H,17,18);1H. The van der Waals surface area contributed by atoms with Crippen LogP contribution >= 0.6 is 35.0 Å². The van der Waals surface area contributed by atoms with Crippen LogP contribution in [0.25, 0.3) is 0 Å². The number of hydrogen-bond donors (Lipinski definition) is 2. The number of rotatable bonds is 7. The molecule has 0 spiro atoms. The minimum absolute atomic E-state index is 0. The average Bonchev–Trinajstić information content (AvgIpc) is 2.32. The van der Waals surface area contributed by atoms with E-state index >= 15 is 0 Å². The van der Waals surface area contributed by atoms with Crippen molar-refractivity contribution in [2.75, 3.05) is 11.9 Å². The number of nitrogens with two attached hydrogens (primary N) is 1. The number of anilines is 1. The second-order valence-corrected chi connectivity index (χ2v) is 5.71. The van der Waals surface area contributed by atoms with Gasteiger partial charge in [0, 0.05) is 15.7 Å². The topological polar surface area (TPSA) is 55.1 Å². The summed E-state index contributed by atoms with van der Waals surface area (Å²) in [6.07, 6.45) is 4.78. The molecular weight excluding hydrogens is 375 g/mol. The van der Waals surface area contributed by atoms with Crippen LogP contribution < -0.4 is 11.1 Å². The van der Waals surface area contributed by atoms with Crippen LogP contribution in [0.4, 0.5) is 5.69 Å². The predicted molar refractivity (Wildman–Crippen MR) is 91.9 cm³/mol. The maximum absolute atomic E-state index is 11.7. The van der Waals surface area contributed by atoms with E-state index in [-0.39, 0.29) is 18.3 Å². The van der Waals surface area contributed by atoms with Crippen LogP contribution in [0.15, 0.2) is 18.2 Å². The van der Waals surface area contributed by atoms with Crippen molar-refractivity contribution in [3.8, 4) is 0 Å². The monoisotopic (exact) mass is 396 g/mol. The molecule has 3 nitrogen and oxygen atoms in total. The van der Waals surface area contributed by atoms with E-state index in [9.17, 15) is 4.79 Å². The third-order valence-corrected chi connectivity index (χ3v) is 3.49. The molecule has 0 radical (unpaired) electrons. The largest absolute Gasteiger partial charge is 0.330 e. The van der Waals surface area contributed by atoms with Crippen molar-refractivity contribution in [2.45, 2.75) is 39.0 Å². The van der Waals surface area contributed by atoms with Gasteiger partial charge in [-0.25, -0.2) is 0 Å². The Labute approximate surface area is 135 Å². The summed E-state index contributed by atoms with van der Waals surface area (Å²) in [5.74, 6) is 0.104. The van der Waals surface area contributed by atoms with Crippen LogP contribution in [0, 0.1) is 10.5 Å². The quantitative estimate of drug-likeness (QED) is 0.543. The smallest absolute Gasteiger partial charge is 0.224 e. The number of carbonyl (C=O) groups is 1. The third kappa shape index (κ3) is 7.74. The molecule has 0 aliphatic carbocycles. The lowest BCUT2D eigenvalue weighted by Crippen LogP contribution is -2.12. The van der Waals surface area contributed by atoms with Crippen LogP contribution in [0.3, 0.4) is 0 Å². The van der Waals surface area contributed by atoms with E-state index in [1.54, 1.807) is 0 Å². The SMILES string of the molecule is Cc1cc(I)ccc1NC(=O)CCCCCCN.Cl. The lowest BCUT2D eigenvalue weighted by atomic mass is 10.1. The Morgan fingerprint density at radius 1 is 1.26 bits per heavy atom. The predicted octanol–water partition coefficient (Wildman–Crippen LogP) is 3.87. The molecule has 1 aromatic carbocycles. The lowest BCUT2D eigenvalue weighted by Gasteiger charge is -2.08. The van der Waals surface area contributed by atoms with Crippen LogP contribution in [0.5, 0.6) is 0 Å². The van der Waals surface area contributed by atoms with E-state index in [0.717, 1.165) is 43.5 Å². The number of hydrogen-bond acceptors (Lipinski definition) is 2. The van der Waals surface area contributed by atoms with Gasteiger partial charge in [0.1, 0.15) is 0 Å². The summed E-state index contributed by atoms with van der Waals surface area (Å²) >= 11 is 2.27. The minimum atomic E-state index is 0. The van der Waals surface area contributed by atoms with E-state index in [4.69, 9.17) is 5.73 Å². The van der Waals surface area contributed by atoms with E-state index in [1.807, 2.05) is 19.1 Å². The van der Waals surface area contributed by atoms with Gasteiger partial charge in [0.25, 0.3) is 0 Å². The van der Waals surface area contributed by atoms with E-state index in [0.29, 0.717) is 6.42 Å². The summed E-state index contributed by atoms with van der Waals surface area (Å²) < 4.78 is 1.19. The maximum Gasteiger partial charge on any atom is 0.224 e. The van der Waals surface area contributed by atoms with Crippen LogP contribution in [-0.4, -0.2) is 12.5 Å². The van der Waals surface area contributed by atoms with Gasteiger partial charge in [-0.1, -0.05) is 12.8 Å². The summed E-state index contributed by atoms with van der Waals surface area (Å²) in [4.78, 5) is 11.7. The average molecular weight is 397 g/mol. The van der Waals surface area contributed by atoms with Crippen LogP contribution in [-0.2, 0) is 4.79 Å². The summed E-state index contributed by atoms with van der Waals surface area (Å²) in [5.41, 5.74) is 7.45. The Bertz CT molecular complexity index is 399. The molecule has 0 saturated heterocycles. The Morgan fingerprint density at radius 3 is 2.58 bits per heavy atom. The zero-order valence-electron chi connectivity index (χ0n) is 11.2. The summed E-state index contributed by atoms with van der Waals surface area (Å²) in [6, 6.07) is 6.03. The second-order valence-electron chi connectivity index (χ2n) is 4.46. The Kier molecular flexibility index (Phi) is 10.3. The zero-order chi connectivity index (χ0) is 13.4. The van der Waals surface area contributed by atoms with Crippen molar-refractivity contribution >= 4 is 46.6 Å². The molecule has 0 saturated carbocycles.